The summed E-state index contributed by atoms with van der Waals surface area (Å²) < 4.78 is 33.2. The van der Waals surface area contributed by atoms with E-state index in [0.29, 0.717) is 13.0 Å². The van der Waals surface area contributed by atoms with Crippen molar-refractivity contribution < 1.29 is 17.9 Å². The highest BCUT2D eigenvalue weighted by atomic mass is 35.5. The highest BCUT2D eigenvalue weighted by Crippen LogP contribution is 2.29. The van der Waals surface area contributed by atoms with Gasteiger partial charge in [-0.1, -0.05) is 17.7 Å². The van der Waals surface area contributed by atoms with Gasteiger partial charge in [0.05, 0.1) is 7.11 Å². The number of benzene rings is 2. The number of sulfonamides is 1. The predicted octanol–water partition coefficient (Wildman–Crippen LogP) is 3.05. The largest absolute Gasteiger partial charge is 0.495 e. The van der Waals surface area contributed by atoms with E-state index in [1.165, 1.54) is 19.2 Å². The first-order valence-electron chi connectivity index (χ1n) is 8.47. The summed E-state index contributed by atoms with van der Waals surface area (Å²) >= 11 is 5.93. The lowest BCUT2D eigenvalue weighted by Crippen LogP contribution is -2.41. The molecule has 1 fully saturated rings. The van der Waals surface area contributed by atoms with Crippen LogP contribution in [0.25, 0.3) is 0 Å². The molecule has 1 amide bonds. The Bertz CT molecular complexity index is 991. The third-order valence-electron chi connectivity index (χ3n) is 4.72. The molecular formula is C19H21ClN2O4S. The van der Waals surface area contributed by atoms with E-state index in [2.05, 4.69) is 4.72 Å². The van der Waals surface area contributed by atoms with E-state index in [-0.39, 0.29) is 21.6 Å². The number of methoxy groups -OCH3 is 1. The molecule has 144 valence electrons. The number of hydrogen-bond acceptors (Lipinski definition) is 4. The second-order valence-corrected chi connectivity index (χ2v) is 8.64. The van der Waals surface area contributed by atoms with Crippen molar-refractivity contribution in [2.45, 2.75) is 31.2 Å². The van der Waals surface area contributed by atoms with Gasteiger partial charge in [-0.2, -0.15) is 4.72 Å². The zero-order chi connectivity index (χ0) is 19.8. The molecule has 1 aliphatic heterocycles. The molecule has 1 heterocycles. The van der Waals surface area contributed by atoms with Gasteiger partial charge in [0.25, 0.3) is 0 Å². The Morgan fingerprint density at radius 3 is 2.56 bits per heavy atom. The van der Waals surface area contributed by atoms with E-state index in [4.69, 9.17) is 16.3 Å². The topological polar surface area (TPSA) is 75.7 Å². The fourth-order valence-corrected chi connectivity index (χ4v) is 4.71. The molecular weight excluding hydrogens is 388 g/mol. The maximum atomic E-state index is 12.8. The summed E-state index contributed by atoms with van der Waals surface area (Å²) in [5.74, 6) is -0.105. The predicted molar refractivity (Wildman–Crippen MR) is 105 cm³/mol. The Balaban J connectivity index is 1.83. The van der Waals surface area contributed by atoms with Crippen molar-refractivity contribution in [3.8, 4) is 5.75 Å². The van der Waals surface area contributed by atoms with Crippen LogP contribution < -0.4 is 14.4 Å². The van der Waals surface area contributed by atoms with Crippen LogP contribution in [-0.2, 0) is 14.8 Å². The Morgan fingerprint density at radius 1 is 1.15 bits per heavy atom. The van der Waals surface area contributed by atoms with Gasteiger partial charge in [0.1, 0.15) is 16.7 Å². The fraction of sp³-hybridized carbons (Fsp3) is 0.316. The summed E-state index contributed by atoms with van der Waals surface area (Å²) in [6.07, 6.45) is 0.383. The van der Waals surface area contributed by atoms with Gasteiger partial charge in [-0.3, -0.25) is 4.79 Å². The zero-order valence-corrected chi connectivity index (χ0v) is 16.9. The van der Waals surface area contributed by atoms with E-state index in [1.807, 2.05) is 32.0 Å². The molecule has 3 rings (SSSR count). The highest BCUT2D eigenvalue weighted by molar-refractivity contribution is 7.89. The van der Waals surface area contributed by atoms with Gasteiger partial charge in [0.2, 0.25) is 15.9 Å². The number of carbonyl (C=O) groups excluding carboxylic acids is 1. The number of hydrogen-bond donors (Lipinski definition) is 1. The molecule has 1 aliphatic rings. The Labute approximate surface area is 164 Å². The molecule has 1 atom stereocenters. The lowest BCUT2D eigenvalue weighted by molar-refractivity contribution is -0.118. The van der Waals surface area contributed by atoms with Gasteiger partial charge in [-0.15, -0.1) is 0 Å². The molecule has 0 aliphatic carbocycles. The van der Waals surface area contributed by atoms with Crippen molar-refractivity contribution in [1.29, 1.82) is 0 Å². The number of halogens is 1. The van der Waals surface area contributed by atoms with Crippen LogP contribution in [0.15, 0.2) is 41.3 Å². The average Bonchev–Trinajstić information content (AvgIpc) is 2.97. The Kier molecular flexibility index (Phi) is 5.46. The summed E-state index contributed by atoms with van der Waals surface area (Å²) in [5, 5.41) is 0.269. The van der Waals surface area contributed by atoms with Crippen molar-refractivity contribution in [2.24, 2.45) is 0 Å². The zero-order valence-electron chi connectivity index (χ0n) is 15.3. The molecule has 0 bridgehead atoms. The molecule has 2 aromatic carbocycles. The number of ether oxygens (including phenoxy) is 1. The van der Waals surface area contributed by atoms with Crippen LogP contribution in [0.2, 0.25) is 5.02 Å². The first-order valence-corrected chi connectivity index (χ1v) is 10.3. The summed E-state index contributed by atoms with van der Waals surface area (Å²) in [4.78, 5) is 14.3. The monoisotopic (exact) mass is 408 g/mol. The maximum Gasteiger partial charge on any atom is 0.245 e. The minimum atomic E-state index is -3.97. The standard InChI is InChI=1S/C19H21ClN2O4S/c1-12-4-6-15(10-13(12)2)22-9-8-16(19(22)23)21-27(24,25)18-11-14(20)5-7-17(18)26-3/h4-7,10-11,16,21H,8-9H2,1-3H3. The van der Waals surface area contributed by atoms with Gasteiger partial charge < -0.3 is 9.64 Å². The van der Waals surface area contributed by atoms with E-state index < -0.39 is 16.1 Å². The highest BCUT2D eigenvalue weighted by Gasteiger charge is 2.36. The molecule has 1 N–H and O–H groups in total. The van der Waals surface area contributed by atoms with E-state index in [9.17, 15) is 13.2 Å². The molecule has 0 radical (unpaired) electrons. The van der Waals surface area contributed by atoms with Gasteiger partial charge >= 0.3 is 0 Å². The van der Waals surface area contributed by atoms with Crippen molar-refractivity contribution in [1.82, 2.24) is 4.72 Å². The maximum absolute atomic E-state index is 12.8. The quantitative estimate of drug-likeness (QED) is 0.825. The van der Waals surface area contributed by atoms with Crippen LogP contribution in [0.5, 0.6) is 5.75 Å². The second kappa shape index (κ2) is 7.50. The minimum Gasteiger partial charge on any atom is -0.495 e. The lowest BCUT2D eigenvalue weighted by atomic mass is 10.1. The average molecular weight is 409 g/mol. The summed E-state index contributed by atoms with van der Waals surface area (Å²) in [5.41, 5.74) is 2.98. The first kappa shape index (κ1) is 19.7. The van der Waals surface area contributed by atoms with Crippen LogP contribution in [0, 0.1) is 13.8 Å². The van der Waals surface area contributed by atoms with Crippen LogP contribution in [0.1, 0.15) is 17.5 Å². The normalized spacial score (nSPS) is 17.4. The molecule has 27 heavy (non-hydrogen) atoms. The number of amides is 1. The molecule has 6 nitrogen and oxygen atoms in total. The summed E-state index contributed by atoms with van der Waals surface area (Å²) in [6, 6.07) is 9.26. The first-order chi connectivity index (χ1) is 12.7. The third kappa shape index (κ3) is 3.95. The minimum absolute atomic E-state index is 0.0880. The van der Waals surface area contributed by atoms with Crippen molar-refractivity contribution >= 4 is 33.2 Å². The van der Waals surface area contributed by atoms with Crippen molar-refractivity contribution in [2.75, 3.05) is 18.6 Å². The summed E-state index contributed by atoms with van der Waals surface area (Å²) in [6.45, 7) is 4.42. The lowest BCUT2D eigenvalue weighted by Gasteiger charge is -2.19. The SMILES string of the molecule is COc1ccc(Cl)cc1S(=O)(=O)NC1CCN(c2ccc(C)c(C)c2)C1=O. The molecule has 0 saturated carbocycles. The van der Waals surface area contributed by atoms with Gasteiger partial charge in [-0.05, 0) is 61.7 Å². The van der Waals surface area contributed by atoms with Gasteiger partial charge in [0, 0.05) is 17.3 Å². The molecule has 1 saturated heterocycles. The van der Waals surface area contributed by atoms with Crippen molar-refractivity contribution in [3.05, 3.63) is 52.5 Å². The van der Waals surface area contributed by atoms with E-state index >= 15 is 0 Å². The van der Waals surface area contributed by atoms with Crippen LogP contribution in [0.3, 0.4) is 0 Å². The molecule has 1 unspecified atom stereocenters. The number of carbonyl (C=O) groups is 1. The Hall–Kier alpha value is -2.09. The van der Waals surface area contributed by atoms with Crippen LogP contribution >= 0.6 is 11.6 Å². The van der Waals surface area contributed by atoms with Gasteiger partial charge in [0.15, 0.2) is 0 Å². The number of aryl methyl sites for hydroxylation is 2. The molecule has 0 spiro atoms. The van der Waals surface area contributed by atoms with E-state index in [0.717, 1.165) is 16.8 Å². The van der Waals surface area contributed by atoms with E-state index in [1.54, 1.807) is 11.0 Å². The Morgan fingerprint density at radius 2 is 1.89 bits per heavy atom. The molecule has 0 aromatic heterocycles. The van der Waals surface area contributed by atoms with Crippen molar-refractivity contribution in [3.63, 3.8) is 0 Å². The number of rotatable bonds is 5. The molecule has 8 heteroatoms. The number of anilines is 1. The smallest absolute Gasteiger partial charge is 0.245 e. The second-order valence-electron chi connectivity index (χ2n) is 6.52. The number of nitrogens with one attached hydrogen (secondary N) is 1. The summed E-state index contributed by atoms with van der Waals surface area (Å²) in [7, 11) is -2.59. The fourth-order valence-electron chi connectivity index (χ4n) is 3.05. The number of nitrogens with zero attached hydrogens (tertiary/aromatic N) is 1. The van der Waals surface area contributed by atoms with Crippen LogP contribution in [-0.4, -0.2) is 34.0 Å². The molecule has 2 aromatic rings. The van der Waals surface area contributed by atoms with Crippen LogP contribution in [0.4, 0.5) is 5.69 Å². The van der Waals surface area contributed by atoms with Gasteiger partial charge in [-0.25, -0.2) is 8.42 Å². The third-order valence-corrected chi connectivity index (χ3v) is 6.45.